The fourth-order valence-corrected chi connectivity index (χ4v) is 4.29. The second-order valence-electron chi connectivity index (χ2n) is 7.74. The molecule has 4 rings (SSSR count). The summed E-state index contributed by atoms with van der Waals surface area (Å²) >= 11 is 0. The summed E-state index contributed by atoms with van der Waals surface area (Å²) in [6, 6.07) is 6.19. The van der Waals surface area contributed by atoms with Crippen LogP contribution in [0, 0.1) is 0 Å². The fraction of sp³-hybridized carbons (Fsp3) is 0.524. The lowest BCUT2D eigenvalue weighted by molar-refractivity contribution is 0.0518. The number of aromatic nitrogens is 1. The number of alkyl carbamates (subject to hydrolysis) is 1. The number of benzene rings is 1. The molecular formula is C21H27N3O4. The summed E-state index contributed by atoms with van der Waals surface area (Å²) in [6.07, 6.45) is 2.39. The normalized spacial score (nSPS) is 20.9. The molecule has 2 aliphatic rings. The van der Waals surface area contributed by atoms with Gasteiger partial charge in [-0.2, -0.15) is 0 Å². The zero-order valence-electron chi connectivity index (χ0n) is 16.4. The van der Waals surface area contributed by atoms with E-state index in [1.54, 1.807) is 0 Å². The Morgan fingerprint density at radius 3 is 2.79 bits per heavy atom. The van der Waals surface area contributed by atoms with Gasteiger partial charge in [-0.3, -0.25) is 0 Å². The fourth-order valence-electron chi connectivity index (χ4n) is 4.29. The molecule has 2 fully saturated rings. The summed E-state index contributed by atoms with van der Waals surface area (Å²) in [7, 11) is 2.13. The first-order valence-electron chi connectivity index (χ1n) is 9.98. The van der Waals surface area contributed by atoms with Gasteiger partial charge in [-0.1, -0.05) is 6.07 Å². The third kappa shape index (κ3) is 3.71. The minimum Gasteiger partial charge on any atom is -0.461 e. The molecule has 7 nitrogen and oxygen atoms in total. The van der Waals surface area contributed by atoms with Gasteiger partial charge in [0.2, 0.25) is 0 Å². The SMILES string of the molecule is CCOC(=O)c1[nH]c2ccc(CC3COC(=O)N3)cc2c1C1CCN(C)CC1. The number of aromatic amines is 1. The van der Waals surface area contributed by atoms with Crippen LogP contribution in [0.1, 0.15) is 47.3 Å². The monoisotopic (exact) mass is 385 g/mol. The number of nitrogens with one attached hydrogen (secondary N) is 2. The van der Waals surface area contributed by atoms with Crippen LogP contribution in [0.4, 0.5) is 4.79 Å². The topological polar surface area (TPSA) is 83.7 Å². The predicted molar refractivity (Wildman–Crippen MR) is 106 cm³/mol. The van der Waals surface area contributed by atoms with Crippen molar-refractivity contribution in [3.63, 3.8) is 0 Å². The van der Waals surface area contributed by atoms with Crippen LogP contribution < -0.4 is 5.32 Å². The lowest BCUT2D eigenvalue weighted by Gasteiger charge is -2.29. The number of amides is 1. The number of H-pyrrole nitrogens is 1. The van der Waals surface area contributed by atoms with Crippen LogP contribution in [0.2, 0.25) is 0 Å². The minimum atomic E-state index is -0.357. The highest BCUT2D eigenvalue weighted by Gasteiger charge is 2.28. The first-order chi connectivity index (χ1) is 13.5. The van der Waals surface area contributed by atoms with Gasteiger partial charge < -0.3 is 24.7 Å². The Kier molecular flexibility index (Phi) is 5.26. The van der Waals surface area contributed by atoms with Gasteiger partial charge in [0.25, 0.3) is 0 Å². The smallest absolute Gasteiger partial charge is 0.407 e. The van der Waals surface area contributed by atoms with Gasteiger partial charge in [0, 0.05) is 10.9 Å². The van der Waals surface area contributed by atoms with Crippen molar-refractivity contribution in [1.82, 2.24) is 15.2 Å². The van der Waals surface area contributed by atoms with Gasteiger partial charge in [-0.25, -0.2) is 9.59 Å². The number of carbonyl (C=O) groups is 2. The number of carbonyl (C=O) groups excluding carboxylic acids is 2. The average molecular weight is 385 g/mol. The average Bonchev–Trinajstić information content (AvgIpc) is 3.26. The third-order valence-electron chi connectivity index (χ3n) is 5.73. The van der Waals surface area contributed by atoms with Gasteiger partial charge >= 0.3 is 12.1 Å². The number of esters is 1. The summed E-state index contributed by atoms with van der Waals surface area (Å²) in [5, 5.41) is 3.91. The van der Waals surface area contributed by atoms with Crippen molar-refractivity contribution in [3.8, 4) is 0 Å². The molecular weight excluding hydrogens is 358 g/mol. The van der Waals surface area contributed by atoms with Gasteiger partial charge in [-0.05, 0) is 75.5 Å². The highest BCUT2D eigenvalue weighted by Crippen LogP contribution is 2.36. The molecule has 0 bridgehead atoms. The van der Waals surface area contributed by atoms with E-state index >= 15 is 0 Å². The van der Waals surface area contributed by atoms with Crippen LogP contribution in [0.3, 0.4) is 0 Å². The van der Waals surface area contributed by atoms with Crippen molar-refractivity contribution in [1.29, 1.82) is 0 Å². The van der Waals surface area contributed by atoms with E-state index in [0.717, 1.165) is 48.0 Å². The van der Waals surface area contributed by atoms with Crippen molar-refractivity contribution in [3.05, 3.63) is 35.0 Å². The Balaban J connectivity index is 1.70. The van der Waals surface area contributed by atoms with Crippen LogP contribution >= 0.6 is 0 Å². The Morgan fingerprint density at radius 1 is 1.32 bits per heavy atom. The molecule has 1 amide bonds. The standard InChI is InChI=1S/C21H27N3O4/c1-3-27-20(25)19-18(14-6-8-24(2)9-7-14)16-11-13(4-5-17(16)23-19)10-15-12-28-21(26)22-15/h4-5,11,14-15,23H,3,6-10,12H2,1-2H3,(H,22,26). The molecule has 1 aromatic carbocycles. The quantitative estimate of drug-likeness (QED) is 0.774. The van der Waals surface area contributed by atoms with Crippen LogP contribution in [-0.2, 0) is 15.9 Å². The maximum atomic E-state index is 12.6. The molecule has 1 unspecified atom stereocenters. The van der Waals surface area contributed by atoms with Crippen LogP contribution in [0.5, 0.6) is 0 Å². The molecule has 28 heavy (non-hydrogen) atoms. The summed E-state index contributed by atoms with van der Waals surface area (Å²) in [4.78, 5) is 29.5. The van der Waals surface area contributed by atoms with Crippen molar-refractivity contribution >= 4 is 23.0 Å². The van der Waals surface area contributed by atoms with E-state index in [4.69, 9.17) is 9.47 Å². The molecule has 2 N–H and O–H groups in total. The maximum Gasteiger partial charge on any atom is 0.407 e. The molecule has 1 aromatic heterocycles. The molecule has 1 atom stereocenters. The van der Waals surface area contributed by atoms with Crippen molar-refractivity contribution in [2.45, 2.75) is 38.1 Å². The molecule has 0 radical (unpaired) electrons. The van der Waals surface area contributed by atoms with Gasteiger partial charge in [0.15, 0.2) is 0 Å². The van der Waals surface area contributed by atoms with Crippen LogP contribution in [0.15, 0.2) is 18.2 Å². The van der Waals surface area contributed by atoms with Crippen LogP contribution in [0.25, 0.3) is 10.9 Å². The molecule has 2 aromatic rings. The molecule has 7 heteroatoms. The molecule has 2 aliphatic heterocycles. The van der Waals surface area contributed by atoms with E-state index in [9.17, 15) is 9.59 Å². The van der Waals surface area contributed by atoms with Gasteiger partial charge in [-0.15, -0.1) is 0 Å². The first kappa shape index (κ1) is 18.8. The summed E-state index contributed by atoms with van der Waals surface area (Å²) < 4.78 is 10.3. The lowest BCUT2D eigenvalue weighted by atomic mass is 9.87. The van der Waals surface area contributed by atoms with E-state index in [2.05, 4.69) is 28.3 Å². The summed E-state index contributed by atoms with van der Waals surface area (Å²) in [6.45, 7) is 4.61. The minimum absolute atomic E-state index is 0.0137. The summed E-state index contributed by atoms with van der Waals surface area (Å²) in [5.41, 5.74) is 3.73. The van der Waals surface area contributed by atoms with E-state index in [-0.39, 0.29) is 18.1 Å². The molecule has 150 valence electrons. The second-order valence-corrected chi connectivity index (χ2v) is 7.74. The largest absolute Gasteiger partial charge is 0.461 e. The van der Waals surface area contributed by atoms with Crippen LogP contribution in [-0.4, -0.2) is 61.3 Å². The summed E-state index contributed by atoms with van der Waals surface area (Å²) in [5.74, 6) is 0.0414. The number of nitrogens with zero attached hydrogens (tertiary/aromatic N) is 1. The zero-order chi connectivity index (χ0) is 19.7. The number of likely N-dealkylation sites (tertiary alicyclic amines) is 1. The second kappa shape index (κ2) is 7.83. The number of piperidine rings is 1. The van der Waals surface area contributed by atoms with Crippen molar-refractivity contribution in [2.75, 3.05) is 33.4 Å². The van der Waals surface area contributed by atoms with Gasteiger partial charge in [0.1, 0.15) is 12.3 Å². The Hall–Kier alpha value is -2.54. The number of cyclic esters (lactones) is 1. The highest BCUT2D eigenvalue weighted by molar-refractivity contribution is 5.99. The first-order valence-corrected chi connectivity index (χ1v) is 9.98. The number of fused-ring (bicyclic) bond motifs is 1. The van der Waals surface area contributed by atoms with E-state index < -0.39 is 0 Å². The molecule has 2 saturated heterocycles. The van der Waals surface area contributed by atoms with E-state index in [1.165, 1.54) is 0 Å². The Morgan fingerprint density at radius 2 is 2.11 bits per heavy atom. The molecule has 3 heterocycles. The zero-order valence-corrected chi connectivity index (χ0v) is 16.4. The molecule has 0 saturated carbocycles. The molecule has 0 aliphatic carbocycles. The van der Waals surface area contributed by atoms with Crippen molar-refractivity contribution < 1.29 is 19.1 Å². The third-order valence-corrected chi connectivity index (χ3v) is 5.73. The van der Waals surface area contributed by atoms with E-state index in [0.29, 0.717) is 31.2 Å². The Labute approximate surface area is 164 Å². The van der Waals surface area contributed by atoms with E-state index in [1.807, 2.05) is 19.1 Å². The highest BCUT2D eigenvalue weighted by atomic mass is 16.6. The predicted octanol–water partition coefficient (Wildman–Crippen LogP) is 2.80. The maximum absolute atomic E-state index is 12.6. The van der Waals surface area contributed by atoms with Gasteiger partial charge in [0.05, 0.1) is 12.6 Å². The van der Waals surface area contributed by atoms with Crippen molar-refractivity contribution in [2.24, 2.45) is 0 Å². The Bertz CT molecular complexity index is 883. The number of ether oxygens (including phenoxy) is 2. The number of hydrogen-bond acceptors (Lipinski definition) is 5. The number of hydrogen-bond donors (Lipinski definition) is 2. The number of rotatable bonds is 5. The molecule has 0 spiro atoms. The lowest BCUT2D eigenvalue weighted by Crippen LogP contribution is -2.29.